The summed E-state index contributed by atoms with van der Waals surface area (Å²) in [7, 11) is 0. The third-order valence-corrected chi connectivity index (χ3v) is 11.6. The summed E-state index contributed by atoms with van der Waals surface area (Å²) >= 11 is 2.50. The minimum absolute atomic E-state index is 0.0805. The summed E-state index contributed by atoms with van der Waals surface area (Å²) in [6, 6.07) is 18.0. The van der Waals surface area contributed by atoms with Crippen LogP contribution in [0.1, 0.15) is 25.0 Å². The molecule has 0 saturated heterocycles. The third kappa shape index (κ3) is 2.55. The SMILES string of the molecule is C[C@@]12Sc3ccccc3C1=C1C(=C3c4ccc(-c5ccc(O)cc5)cc4S[C@]32C)C(F)(F)C(F)(F)C1(F)F. The molecule has 194 valence electrons. The number of allylic oxidation sites excluding steroid dienone is 2. The number of hydrogen-bond acceptors (Lipinski definition) is 3. The lowest BCUT2D eigenvalue weighted by Gasteiger charge is -2.47. The molecule has 1 saturated carbocycles. The number of halogens is 6. The van der Waals surface area contributed by atoms with E-state index >= 15 is 26.3 Å². The quantitative estimate of drug-likeness (QED) is 0.300. The first-order chi connectivity index (χ1) is 17.8. The van der Waals surface area contributed by atoms with Gasteiger partial charge in [-0.2, -0.15) is 26.3 Å². The maximum Gasteiger partial charge on any atom is 0.380 e. The van der Waals surface area contributed by atoms with Crippen molar-refractivity contribution < 1.29 is 31.4 Å². The van der Waals surface area contributed by atoms with Crippen molar-refractivity contribution in [1.82, 2.24) is 0 Å². The Morgan fingerprint density at radius 3 is 1.68 bits per heavy atom. The van der Waals surface area contributed by atoms with Crippen molar-refractivity contribution in [3.63, 3.8) is 0 Å². The second kappa shape index (κ2) is 7.04. The summed E-state index contributed by atoms with van der Waals surface area (Å²) in [5, 5.41) is 9.63. The number of thioether (sulfide) groups is 2. The Kier molecular flexibility index (Phi) is 4.50. The Hall–Kier alpha value is -2.78. The van der Waals surface area contributed by atoms with Gasteiger partial charge in [-0.05, 0) is 71.5 Å². The summed E-state index contributed by atoms with van der Waals surface area (Å²) < 4.78 is 90.0. The molecule has 0 amide bonds. The first-order valence-corrected chi connectivity index (χ1v) is 13.4. The minimum Gasteiger partial charge on any atom is -0.508 e. The van der Waals surface area contributed by atoms with Gasteiger partial charge >= 0.3 is 17.8 Å². The smallest absolute Gasteiger partial charge is 0.380 e. The minimum atomic E-state index is -5.58. The molecule has 4 aliphatic rings. The lowest BCUT2D eigenvalue weighted by molar-refractivity contribution is -0.257. The third-order valence-electron chi connectivity index (χ3n) is 8.27. The van der Waals surface area contributed by atoms with E-state index < -0.39 is 38.4 Å². The van der Waals surface area contributed by atoms with Crippen molar-refractivity contribution in [1.29, 1.82) is 0 Å². The van der Waals surface area contributed by atoms with Gasteiger partial charge in [0.1, 0.15) is 5.75 Å². The second-order valence-corrected chi connectivity index (χ2v) is 13.2. The highest BCUT2D eigenvalue weighted by Crippen LogP contribution is 2.78. The van der Waals surface area contributed by atoms with Crippen molar-refractivity contribution in [2.75, 3.05) is 0 Å². The number of rotatable bonds is 1. The van der Waals surface area contributed by atoms with E-state index in [1.54, 1.807) is 68.4 Å². The van der Waals surface area contributed by atoms with Crippen LogP contribution in [0.2, 0.25) is 0 Å². The van der Waals surface area contributed by atoms with Crippen LogP contribution in [0.25, 0.3) is 22.3 Å². The van der Waals surface area contributed by atoms with Gasteiger partial charge in [0.15, 0.2) is 0 Å². The van der Waals surface area contributed by atoms with Crippen LogP contribution in [0.3, 0.4) is 0 Å². The first kappa shape index (κ1) is 24.3. The Balaban J connectivity index is 1.57. The fraction of sp³-hybridized carbons (Fsp3) is 0.241. The van der Waals surface area contributed by atoms with E-state index in [1.165, 1.54) is 35.7 Å². The predicted molar refractivity (Wildman–Crippen MR) is 137 cm³/mol. The molecular weight excluding hydrogens is 542 g/mol. The van der Waals surface area contributed by atoms with Crippen LogP contribution in [0.15, 0.2) is 87.7 Å². The summed E-state index contributed by atoms with van der Waals surface area (Å²) in [5.41, 5.74) is -0.752. The molecule has 0 bridgehead atoms. The van der Waals surface area contributed by atoms with Crippen molar-refractivity contribution in [2.45, 2.75) is 50.9 Å². The fourth-order valence-electron chi connectivity index (χ4n) is 6.27. The van der Waals surface area contributed by atoms with Gasteiger partial charge in [-0.15, -0.1) is 23.5 Å². The number of fused-ring (bicyclic) bond motifs is 8. The highest BCUT2D eigenvalue weighted by molar-refractivity contribution is 8.06. The number of phenolic OH excluding ortho intramolecular Hbond substituents is 1. The molecule has 1 nitrogen and oxygen atoms in total. The Labute approximate surface area is 222 Å². The highest BCUT2D eigenvalue weighted by atomic mass is 32.2. The zero-order chi connectivity index (χ0) is 27.0. The van der Waals surface area contributed by atoms with E-state index in [0.29, 0.717) is 15.4 Å². The standard InChI is InChI=1S/C29H18F6OS2/c1-25-21(17-5-3-4-6-19(17)37-25)23-24(28(32,33)29(34,35)27(23,30)31)22-18-12-9-15(13-20(18)38-26(22,25)2)14-7-10-16(36)11-8-14/h3-13,36H,1-2H3/t25-,26-/m1/s1. The molecule has 3 aromatic rings. The lowest BCUT2D eigenvalue weighted by atomic mass is 9.68. The number of aromatic hydroxyl groups is 1. The average molecular weight is 561 g/mol. The lowest BCUT2D eigenvalue weighted by Crippen LogP contribution is -2.47. The molecule has 1 fully saturated rings. The molecule has 2 atom stereocenters. The van der Waals surface area contributed by atoms with Gasteiger partial charge in [0, 0.05) is 20.9 Å². The number of hydrogen-bond donors (Lipinski definition) is 1. The second-order valence-electron chi connectivity index (χ2n) is 10.2. The Morgan fingerprint density at radius 1 is 0.579 bits per heavy atom. The largest absolute Gasteiger partial charge is 0.508 e. The van der Waals surface area contributed by atoms with Gasteiger partial charge in [0.05, 0.1) is 9.49 Å². The van der Waals surface area contributed by atoms with E-state index in [4.69, 9.17) is 0 Å². The Bertz CT molecular complexity index is 1640. The normalized spacial score (nSPS) is 29.1. The molecule has 3 aromatic carbocycles. The molecular formula is C29H18F6OS2. The van der Waals surface area contributed by atoms with Crippen LogP contribution in [0.5, 0.6) is 5.75 Å². The first-order valence-electron chi connectivity index (χ1n) is 11.8. The maximum absolute atomic E-state index is 15.6. The van der Waals surface area contributed by atoms with Gasteiger partial charge in [0.2, 0.25) is 0 Å². The maximum atomic E-state index is 15.6. The Morgan fingerprint density at radius 2 is 1.08 bits per heavy atom. The van der Waals surface area contributed by atoms with Crippen molar-refractivity contribution >= 4 is 34.7 Å². The van der Waals surface area contributed by atoms with Crippen LogP contribution < -0.4 is 0 Å². The molecule has 2 heterocycles. The molecule has 2 aliphatic carbocycles. The summed E-state index contributed by atoms with van der Waals surface area (Å²) in [6.07, 6.45) is 0. The monoisotopic (exact) mass is 560 g/mol. The molecule has 7 rings (SSSR count). The fourth-order valence-corrected chi connectivity index (χ4v) is 9.52. The van der Waals surface area contributed by atoms with Crippen LogP contribution in [-0.2, 0) is 0 Å². The molecule has 38 heavy (non-hydrogen) atoms. The van der Waals surface area contributed by atoms with Gasteiger partial charge < -0.3 is 5.11 Å². The van der Waals surface area contributed by atoms with Crippen LogP contribution in [0.4, 0.5) is 26.3 Å². The molecule has 9 heteroatoms. The number of phenols is 1. The van der Waals surface area contributed by atoms with Crippen molar-refractivity contribution in [2.24, 2.45) is 0 Å². The molecule has 0 unspecified atom stereocenters. The summed E-state index contributed by atoms with van der Waals surface area (Å²) in [4.78, 5) is 1.14. The highest BCUT2D eigenvalue weighted by Gasteiger charge is 2.84. The van der Waals surface area contributed by atoms with E-state index in [0.717, 1.165) is 11.1 Å². The molecule has 0 spiro atoms. The molecule has 2 aliphatic heterocycles. The van der Waals surface area contributed by atoms with Crippen molar-refractivity contribution in [3.05, 3.63) is 89.0 Å². The van der Waals surface area contributed by atoms with Gasteiger partial charge in [-0.25, -0.2) is 0 Å². The van der Waals surface area contributed by atoms with Crippen molar-refractivity contribution in [3.8, 4) is 16.9 Å². The molecule has 1 N–H and O–H groups in total. The molecule has 0 aromatic heterocycles. The molecule has 0 radical (unpaired) electrons. The summed E-state index contributed by atoms with van der Waals surface area (Å²) in [5.74, 6) is -15.6. The number of benzene rings is 3. The summed E-state index contributed by atoms with van der Waals surface area (Å²) in [6.45, 7) is 3.39. The van der Waals surface area contributed by atoms with Crippen LogP contribution in [0, 0.1) is 0 Å². The van der Waals surface area contributed by atoms with Gasteiger partial charge in [0.25, 0.3) is 0 Å². The van der Waals surface area contributed by atoms with E-state index in [-0.39, 0.29) is 22.5 Å². The van der Waals surface area contributed by atoms with E-state index in [2.05, 4.69) is 0 Å². The van der Waals surface area contributed by atoms with Crippen LogP contribution in [-0.4, -0.2) is 32.4 Å². The van der Waals surface area contributed by atoms with Crippen LogP contribution >= 0.6 is 23.5 Å². The average Bonchev–Trinajstić information content (AvgIpc) is 3.37. The zero-order valence-electron chi connectivity index (χ0n) is 19.9. The van der Waals surface area contributed by atoms with E-state index in [1.807, 2.05) is 0 Å². The number of alkyl halides is 6. The van der Waals surface area contributed by atoms with Gasteiger partial charge in [-0.3, -0.25) is 0 Å². The predicted octanol–water partition coefficient (Wildman–Crippen LogP) is 8.93. The van der Waals surface area contributed by atoms with E-state index in [9.17, 15) is 5.11 Å². The zero-order valence-corrected chi connectivity index (χ0v) is 21.5. The van der Waals surface area contributed by atoms with Gasteiger partial charge in [-0.1, -0.05) is 42.5 Å². The topological polar surface area (TPSA) is 20.2 Å².